The molecule has 0 aliphatic carbocycles. The number of hydrogen-bond donors (Lipinski definition) is 0. The Labute approximate surface area is 113 Å². The van der Waals surface area contributed by atoms with Crippen LogP contribution in [-0.4, -0.2) is 27.0 Å². The van der Waals surface area contributed by atoms with Crippen molar-refractivity contribution in [1.29, 1.82) is 0 Å². The first kappa shape index (κ1) is 12.5. The van der Waals surface area contributed by atoms with E-state index in [9.17, 15) is 14.5 Å². The minimum absolute atomic E-state index is 0.171. The predicted octanol–water partition coefficient (Wildman–Crippen LogP) is 2.04. The molecule has 20 heavy (non-hydrogen) atoms. The third-order valence-electron chi connectivity index (χ3n) is 3.58. The first-order chi connectivity index (χ1) is 9.40. The van der Waals surface area contributed by atoms with Crippen LogP contribution in [0.15, 0.2) is 12.1 Å². The van der Waals surface area contributed by atoms with E-state index < -0.39 is 10.7 Å². The molecule has 1 aromatic heterocycles. The largest absolute Gasteiger partial charge is 0.360 e. The maximum absolute atomic E-state index is 13.7. The molecule has 0 fully saturated rings. The van der Waals surface area contributed by atoms with Crippen molar-refractivity contribution >= 4 is 11.4 Å². The van der Waals surface area contributed by atoms with E-state index in [0.29, 0.717) is 22.6 Å². The molecule has 7 nitrogen and oxygen atoms in total. The molecule has 0 radical (unpaired) electrons. The van der Waals surface area contributed by atoms with Crippen LogP contribution in [-0.2, 0) is 7.05 Å². The second kappa shape index (κ2) is 3.99. The molecule has 0 N–H and O–H groups in total. The molecule has 0 saturated heterocycles. The molecule has 1 atom stereocenters. The molecular weight excluding hydrogens is 265 g/mol. The van der Waals surface area contributed by atoms with Gasteiger partial charge in [-0.3, -0.25) is 10.1 Å². The van der Waals surface area contributed by atoms with E-state index in [2.05, 4.69) is 10.2 Å². The van der Waals surface area contributed by atoms with Crippen LogP contribution in [0, 0.1) is 15.9 Å². The number of halogens is 1. The highest BCUT2D eigenvalue weighted by molar-refractivity contribution is 5.87. The van der Waals surface area contributed by atoms with E-state index in [0.717, 1.165) is 6.07 Å². The molecule has 2 heterocycles. The number of anilines is 1. The molecule has 0 spiro atoms. The van der Waals surface area contributed by atoms with Crippen LogP contribution in [0.4, 0.5) is 15.8 Å². The van der Waals surface area contributed by atoms with Gasteiger partial charge in [-0.25, -0.2) is 4.39 Å². The summed E-state index contributed by atoms with van der Waals surface area (Å²) in [6.45, 7) is 1.88. The van der Waals surface area contributed by atoms with Crippen LogP contribution in [0.25, 0.3) is 11.3 Å². The Hall–Kier alpha value is -2.51. The van der Waals surface area contributed by atoms with Gasteiger partial charge in [0.05, 0.1) is 17.0 Å². The number of aryl methyl sites for hydroxylation is 1. The zero-order valence-electron chi connectivity index (χ0n) is 11.2. The van der Waals surface area contributed by atoms with Crippen LogP contribution < -0.4 is 4.90 Å². The summed E-state index contributed by atoms with van der Waals surface area (Å²) in [6.07, 6.45) is 0. The van der Waals surface area contributed by atoms with Crippen molar-refractivity contribution in [2.75, 3.05) is 11.9 Å². The molecule has 1 aromatic carbocycles. The van der Waals surface area contributed by atoms with Gasteiger partial charge in [0.1, 0.15) is 22.9 Å². The minimum atomic E-state index is -0.657. The molecular formula is C12H12FN5O2. The van der Waals surface area contributed by atoms with E-state index in [1.807, 2.05) is 6.92 Å². The van der Waals surface area contributed by atoms with Gasteiger partial charge in [-0.1, -0.05) is 0 Å². The number of nitrogens with zero attached hydrogens (tertiary/aromatic N) is 5. The van der Waals surface area contributed by atoms with Crippen molar-refractivity contribution in [2.45, 2.75) is 13.0 Å². The van der Waals surface area contributed by atoms with Gasteiger partial charge in [0.25, 0.3) is 5.69 Å². The van der Waals surface area contributed by atoms with Gasteiger partial charge in [-0.15, -0.1) is 0 Å². The van der Waals surface area contributed by atoms with Crippen LogP contribution >= 0.6 is 0 Å². The monoisotopic (exact) mass is 277 g/mol. The Morgan fingerprint density at radius 2 is 2.05 bits per heavy atom. The average molecular weight is 277 g/mol. The molecule has 3 rings (SSSR count). The number of nitro groups is 1. The number of hydrogen-bond acceptors (Lipinski definition) is 5. The Bertz CT molecular complexity index is 727. The molecule has 0 bridgehead atoms. The summed E-state index contributed by atoms with van der Waals surface area (Å²) in [7, 11) is 3.39. The van der Waals surface area contributed by atoms with Crippen LogP contribution in [0.3, 0.4) is 0 Å². The van der Waals surface area contributed by atoms with Gasteiger partial charge in [0.2, 0.25) is 0 Å². The van der Waals surface area contributed by atoms with E-state index in [-0.39, 0.29) is 11.7 Å². The third-order valence-corrected chi connectivity index (χ3v) is 3.58. The topological polar surface area (TPSA) is 77.1 Å². The van der Waals surface area contributed by atoms with E-state index in [4.69, 9.17) is 0 Å². The van der Waals surface area contributed by atoms with E-state index in [1.165, 1.54) is 10.9 Å². The fourth-order valence-electron chi connectivity index (χ4n) is 2.55. The number of aromatic nitrogens is 3. The highest BCUT2D eigenvalue weighted by atomic mass is 19.1. The number of rotatable bonds is 1. The molecule has 0 saturated carbocycles. The molecule has 0 amide bonds. The molecule has 1 aliphatic rings. The first-order valence-corrected chi connectivity index (χ1v) is 6.02. The lowest BCUT2D eigenvalue weighted by atomic mass is 9.96. The van der Waals surface area contributed by atoms with Crippen LogP contribution in [0.1, 0.15) is 18.7 Å². The lowest BCUT2D eigenvalue weighted by molar-refractivity contribution is -0.384. The predicted molar refractivity (Wildman–Crippen MR) is 69.9 cm³/mol. The van der Waals surface area contributed by atoms with Crippen molar-refractivity contribution in [3.63, 3.8) is 0 Å². The maximum Gasteiger partial charge on any atom is 0.296 e. The number of nitro benzene ring substituents is 1. The highest BCUT2D eigenvalue weighted by Gasteiger charge is 2.35. The van der Waals surface area contributed by atoms with E-state index >= 15 is 0 Å². The summed E-state index contributed by atoms with van der Waals surface area (Å²) in [5.74, 6) is -0.657. The molecule has 104 valence electrons. The normalized spacial score (nSPS) is 16.8. The molecule has 1 aliphatic heterocycles. The zero-order chi connectivity index (χ0) is 14.6. The second-order valence-corrected chi connectivity index (χ2v) is 4.79. The van der Waals surface area contributed by atoms with Gasteiger partial charge in [-0.2, -0.15) is 15.0 Å². The quantitative estimate of drug-likeness (QED) is 0.589. The lowest BCUT2D eigenvalue weighted by Crippen LogP contribution is -2.27. The van der Waals surface area contributed by atoms with E-state index in [1.54, 1.807) is 19.0 Å². The fraction of sp³-hybridized carbons (Fsp3) is 0.333. The van der Waals surface area contributed by atoms with Crippen molar-refractivity contribution in [1.82, 2.24) is 15.0 Å². The molecule has 2 aromatic rings. The number of benzene rings is 1. The Kier molecular flexibility index (Phi) is 2.50. The van der Waals surface area contributed by atoms with Crippen molar-refractivity contribution in [3.05, 3.63) is 33.8 Å². The first-order valence-electron chi connectivity index (χ1n) is 6.02. The zero-order valence-corrected chi connectivity index (χ0v) is 11.2. The third kappa shape index (κ3) is 1.57. The SMILES string of the molecule is CC1c2nn(C)nc2-c2cc(F)cc([N+](=O)[O-])c2N1C. The average Bonchev–Trinajstić information content (AvgIpc) is 2.77. The van der Waals surface area contributed by atoms with Crippen LogP contribution in [0.5, 0.6) is 0 Å². The summed E-state index contributed by atoms with van der Waals surface area (Å²) in [5.41, 5.74) is 1.70. The fourth-order valence-corrected chi connectivity index (χ4v) is 2.55. The van der Waals surface area contributed by atoms with Gasteiger partial charge >= 0.3 is 0 Å². The van der Waals surface area contributed by atoms with Gasteiger partial charge in [0.15, 0.2) is 0 Å². The minimum Gasteiger partial charge on any atom is -0.360 e. The van der Waals surface area contributed by atoms with Crippen LogP contribution in [0.2, 0.25) is 0 Å². The Balaban J connectivity index is 2.39. The summed E-state index contributed by atoms with van der Waals surface area (Å²) >= 11 is 0. The number of fused-ring (bicyclic) bond motifs is 3. The summed E-state index contributed by atoms with van der Waals surface area (Å²) < 4.78 is 13.7. The second-order valence-electron chi connectivity index (χ2n) is 4.79. The Morgan fingerprint density at radius 3 is 2.70 bits per heavy atom. The highest BCUT2D eigenvalue weighted by Crippen LogP contribution is 2.46. The van der Waals surface area contributed by atoms with Gasteiger partial charge in [-0.05, 0) is 13.0 Å². The van der Waals surface area contributed by atoms with Gasteiger partial charge in [0, 0.05) is 19.7 Å². The van der Waals surface area contributed by atoms with Gasteiger partial charge < -0.3 is 4.90 Å². The van der Waals surface area contributed by atoms with Crippen molar-refractivity contribution in [2.24, 2.45) is 7.05 Å². The summed E-state index contributed by atoms with van der Waals surface area (Å²) in [4.78, 5) is 13.7. The summed E-state index contributed by atoms with van der Waals surface area (Å²) in [6, 6.07) is 2.03. The maximum atomic E-state index is 13.7. The molecule has 8 heteroatoms. The van der Waals surface area contributed by atoms with Crippen molar-refractivity contribution < 1.29 is 9.31 Å². The standard InChI is InChI=1S/C12H12FN5O2/c1-6-10-11(15-17(3)14-10)8-4-7(13)5-9(18(19)20)12(8)16(6)2/h4-6H,1-3H3. The smallest absolute Gasteiger partial charge is 0.296 e. The summed E-state index contributed by atoms with van der Waals surface area (Å²) in [5, 5.41) is 19.6. The molecule has 1 unspecified atom stereocenters. The van der Waals surface area contributed by atoms with Crippen molar-refractivity contribution in [3.8, 4) is 11.3 Å². The Morgan fingerprint density at radius 1 is 1.35 bits per heavy atom. The lowest BCUT2D eigenvalue weighted by Gasteiger charge is -2.31.